The Morgan fingerprint density at radius 1 is 1.29 bits per heavy atom. The number of rotatable bonds is 4. The fourth-order valence-corrected chi connectivity index (χ4v) is 0.932. The van der Waals surface area contributed by atoms with E-state index in [1.54, 1.807) is 24.3 Å². The lowest BCUT2D eigenvalue weighted by Crippen LogP contribution is -2.20. The molecule has 0 radical (unpaired) electrons. The van der Waals surface area contributed by atoms with Crippen molar-refractivity contribution in [3.63, 3.8) is 0 Å². The van der Waals surface area contributed by atoms with E-state index in [0.29, 0.717) is 12.3 Å². The molecule has 0 unspecified atom stereocenters. The Hall–Kier alpha value is -1.16. The van der Waals surface area contributed by atoms with Gasteiger partial charge in [-0.05, 0) is 17.7 Å². The monoisotopic (exact) mass is 201 g/mol. The quantitative estimate of drug-likeness (QED) is 0.810. The van der Waals surface area contributed by atoms with Gasteiger partial charge in [0.15, 0.2) is 6.61 Å². The highest BCUT2D eigenvalue weighted by molar-refractivity contribution is 5.27. The molecular formula is C10H13F2NO. The van der Waals surface area contributed by atoms with Crippen LogP contribution >= 0.6 is 0 Å². The Labute approximate surface area is 81.7 Å². The molecule has 0 amide bonds. The van der Waals surface area contributed by atoms with Gasteiger partial charge in [-0.2, -0.15) is 0 Å². The van der Waals surface area contributed by atoms with E-state index in [-0.39, 0.29) is 0 Å². The smallest absolute Gasteiger partial charge is 0.278 e. The summed E-state index contributed by atoms with van der Waals surface area (Å²) < 4.78 is 29.7. The van der Waals surface area contributed by atoms with Gasteiger partial charge in [-0.25, -0.2) is 8.78 Å². The summed E-state index contributed by atoms with van der Waals surface area (Å²) in [4.78, 5) is 0. The van der Waals surface area contributed by atoms with Crippen LogP contribution in [0.1, 0.15) is 12.5 Å². The molecule has 0 fully saturated rings. The van der Waals surface area contributed by atoms with Gasteiger partial charge < -0.3 is 10.5 Å². The molecular weight excluding hydrogens is 188 g/mol. The van der Waals surface area contributed by atoms with E-state index < -0.39 is 12.5 Å². The van der Waals surface area contributed by atoms with Gasteiger partial charge in [-0.1, -0.05) is 12.1 Å². The predicted molar refractivity (Wildman–Crippen MR) is 50.4 cm³/mol. The van der Waals surface area contributed by atoms with Gasteiger partial charge in [0.05, 0.1) is 0 Å². The second kappa shape index (κ2) is 4.37. The van der Waals surface area contributed by atoms with Crippen LogP contribution < -0.4 is 10.5 Å². The van der Waals surface area contributed by atoms with E-state index in [1.807, 2.05) is 0 Å². The van der Waals surface area contributed by atoms with Crippen molar-refractivity contribution in [2.75, 3.05) is 6.61 Å². The van der Waals surface area contributed by atoms with Gasteiger partial charge >= 0.3 is 0 Å². The predicted octanol–water partition coefficient (Wildman–Crippen LogP) is 2.18. The summed E-state index contributed by atoms with van der Waals surface area (Å²) in [6.45, 7) is 0.653. The van der Waals surface area contributed by atoms with Crippen LogP contribution in [0, 0.1) is 0 Å². The molecule has 14 heavy (non-hydrogen) atoms. The van der Waals surface area contributed by atoms with Crippen molar-refractivity contribution >= 4 is 0 Å². The lowest BCUT2D eigenvalue weighted by atomic mass is 10.2. The van der Waals surface area contributed by atoms with Crippen molar-refractivity contribution in [1.82, 2.24) is 0 Å². The van der Waals surface area contributed by atoms with Gasteiger partial charge in [-0.15, -0.1) is 0 Å². The summed E-state index contributed by atoms with van der Waals surface area (Å²) in [6.07, 6.45) is 0. The Balaban J connectivity index is 2.52. The van der Waals surface area contributed by atoms with Gasteiger partial charge in [-0.3, -0.25) is 0 Å². The van der Waals surface area contributed by atoms with Crippen molar-refractivity contribution in [2.45, 2.75) is 19.4 Å². The van der Waals surface area contributed by atoms with Crippen molar-refractivity contribution in [2.24, 2.45) is 5.73 Å². The van der Waals surface area contributed by atoms with E-state index in [1.165, 1.54) is 0 Å². The molecule has 4 heteroatoms. The van der Waals surface area contributed by atoms with Crippen LogP contribution in [0.4, 0.5) is 8.78 Å². The molecule has 1 rings (SSSR count). The van der Waals surface area contributed by atoms with Crippen LogP contribution in [0.15, 0.2) is 24.3 Å². The number of benzene rings is 1. The SMILES string of the molecule is CC(F)(F)COc1ccc(CN)cc1. The van der Waals surface area contributed by atoms with Crippen molar-refractivity contribution in [3.05, 3.63) is 29.8 Å². The summed E-state index contributed by atoms with van der Waals surface area (Å²) in [7, 11) is 0. The van der Waals surface area contributed by atoms with Crippen LogP contribution in [0.2, 0.25) is 0 Å². The minimum absolute atomic E-state index is 0.434. The molecule has 0 spiro atoms. The molecule has 0 heterocycles. The molecule has 0 atom stereocenters. The Bertz CT molecular complexity index is 279. The van der Waals surface area contributed by atoms with E-state index in [9.17, 15) is 8.78 Å². The molecule has 0 saturated carbocycles. The van der Waals surface area contributed by atoms with E-state index >= 15 is 0 Å². The summed E-state index contributed by atoms with van der Waals surface area (Å²) >= 11 is 0. The minimum atomic E-state index is -2.80. The highest BCUT2D eigenvalue weighted by atomic mass is 19.3. The molecule has 0 aliphatic heterocycles. The molecule has 2 nitrogen and oxygen atoms in total. The Kier molecular flexibility index (Phi) is 3.41. The summed E-state index contributed by atoms with van der Waals surface area (Å²) in [5, 5.41) is 0. The number of halogens is 2. The zero-order valence-electron chi connectivity index (χ0n) is 7.97. The minimum Gasteiger partial charge on any atom is -0.487 e. The van der Waals surface area contributed by atoms with Crippen LogP contribution in [0.25, 0.3) is 0 Å². The topological polar surface area (TPSA) is 35.2 Å². The molecule has 78 valence electrons. The van der Waals surface area contributed by atoms with Gasteiger partial charge in [0.2, 0.25) is 0 Å². The summed E-state index contributed by atoms with van der Waals surface area (Å²) in [6, 6.07) is 6.77. The number of hydrogen-bond acceptors (Lipinski definition) is 2. The van der Waals surface area contributed by atoms with E-state index in [0.717, 1.165) is 12.5 Å². The molecule has 1 aromatic carbocycles. The number of alkyl halides is 2. The third kappa shape index (κ3) is 3.70. The average Bonchev–Trinajstić information content (AvgIpc) is 2.14. The lowest BCUT2D eigenvalue weighted by Gasteiger charge is -2.11. The Morgan fingerprint density at radius 3 is 2.29 bits per heavy atom. The number of nitrogens with two attached hydrogens (primary N) is 1. The lowest BCUT2D eigenvalue weighted by molar-refractivity contribution is -0.0229. The second-order valence-electron chi connectivity index (χ2n) is 3.21. The molecule has 0 bridgehead atoms. The zero-order chi connectivity index (χ0) is 10.6. The summed E-state index contributed by atoms with van der Waals surface area (Å²) in [5.41, 5.74) is 6.33. The molecule has 1 aromatic rings. The zero-order valence-corrected chi connectivity index (χ0v) is 7.97. The maximum atomic E-state index is 12.4. The van der Waals surface area contributed by atoms with Crippen LogP contribution in [0.5, 0.6) is 5.75 Å². The Morgan fingerprint density at radius 2 is 1.86 bits per heavy atom. The highest BCUT2D eigenvalue weighted by Gasteiger charge is 2.21. The van der Waals surface area contributed by atoms with E-state index in [2.05, 4.69) is 0 Å². The first-order valence-electron chi connectivity index (χ1n) is 4.31. The van der Waals surface area contributed by atoms with Crippen LogP contribution in [-0.2, 0) is 6.54 Å². The second-order valence-corrected chi connectivity index (χ2v) is 3.21. The van der Waals surface area contributed by atoms with Crippen molar-refractivity contribution in [1.29, 1.82) is 0 Å². The van der Waals surface area contributed by atoms with Crippen LogP contribution in [-0.4, -0.2) is 12.5 Å². The van der Waals surface area contributed by atoms with Crippen molar-refractivity contribution in [3.8, 4) is 5.75 Å². The average molecular weight is 201 g/mol. The number of ether oxygens (including phenoxy) is 1. The molecule has 0 aliphatic rings. The third-order valence-corrected chi connectivity index (χ3v) is 1.65. The van der Waals surface area contributed by atoms with Gasteiger partial charge in [0, 0.05) is 13.5 Å². The first kappa shape index (κ1) is 10.9. The third-order valence-electron chi connectivity index (χ3n) is 1.65. The van der Waals surface area contributed by atoms with Crippen molar-refractivity contribution < 1.29 is 13.5 Å². The maximum Gasteiger partial charge on any atom is 0.278 e. The van der Waals surface area contributed by atoms with Gasteiger partial charge in [0.25, 0.3) is 5.92 Å². The molecule has 0 saturated heterocycles. The summed E-state index contributed by atoms with van der Waals surface area (Å²) in [5.74, 6) is -2.37. The standard InChI is InChI=1S/C10H13F2NO/c1-10(11,12)7-14-9-4-2-8(6-13)3-5-9/h2-5H,6-7,13H2,1H3. The first-order valence-corrected chi connectivity index (χ1v) is 4.31. The normalized spacial score (nSPS) is 11.4. The molecule has 0 aromatic heterocycles. The van der Waals surface area contributed by atoms with Gasteiger partial charge in [0.1, 0.15) is 5.75 Å². The molecule has 2 N–H and O–H groups in total. The first-order chi connectivity index (χ1) is 6.51. The fourth-order valence-electron chi connectivity index (χ4n) is 0.932. The number of hydrogen-bond donors (Lipinski definition) is 1. The highest BCUT2D eigenvalue weighted by Crippen LogP contribution is 2.16. The van der Waals surface area contributed by atoms with Crippen LogP contribution in [0.3, 0.4) is 0 Å². The largest absolute Gasteiger partial charge is 0.487 e. The maximum absolute atomic E-state index is 12.4. The molecule has 0 aliphatic carbocycles. The van der Waals surface area contributed by atoms with E-state index in [4.69, 9.17) is 10.5 Å². The fraction of sp³-hybridized carbons (Fsp3) is 0.400.